The van der Waals surface area contributed by atoms with Gasteiger partial charge in [-0.05, 0) is 62.2 Å². The smallest absolute Gasteiger partial charge is 0.243 e. The first kappa shape index (κ1) is 26.6. The van der Waals surface area contributed by atoms with E-state index < -0.39 is 15.8 Å². The van der Waals surface area contributed by atoms with Crippen LogP contribution in [-0.4, -0.2) is 49.8 Å². The average molecular weight is 503 g/mol. The third-order valence-electron chi connectivity index (χ3n) is 5.38. The van der Waals surface area contributed by atoms with E-state index >= 15 is 0 Å². The van der Waals surface area contributed by atoms with Gasteiger partial charge in [0, 0.05) is 26.3 Å². The molecular weight excluding hydrogens is 471 g/mol. The van der Waals surface area contributed by atoms with Crippen LogP contribution >= 0.6 is 0 Å². The van der Waals surface area contributed by atoms with E-state index in [0.717, 1.165) is 27.8 Å². The predicted octanol–water partition coefficient (Wildman–Crippen LogP) is 4.37. The van der Waals surface area contributed by atoms with Gasteiger partial charge < -0.3 is 14.1 Å². The van der Waals surface area contributed by atoms with E-state index in [9.17, 15) is 17.6 Å². The molecule has 0 aliphatic carbocycles. The predicted molar refractivity (Wildman–Crippen MR) is 130 cm³/mol. The van der Waals surface area contributed by atoms with Crippen LogP contribution in [0.2, 0.25) is 0 Å². The molecular formula is C26H31FN2O5S. The van der Waals surface area contributed by atoms with E-state index in [-0.39, 0.29) is 30.4 Å². The lowest BCUT2D eigenvalue weighted by Gasteiger charge is -2.27. The lowest BCUT2D eigenvalue weighted by atomic mass is 10.2. The SMILES string of the molecule is CCOCCCN(CC(=O)N(Cc1ccccc1)Cc1ccc(C)o1)S(=O)(=O)c1ccc(F)cc1. The summed E-state index contributed by atoms with van der Waals surface area (Å²) in [5, 5.41) is 0. The highest BCUT2D eigenvalue weighted by molar-refractivity contribution is 7.89. The number of ether oxygens (including phenoxy) is 1. The molecule has 0 unspecified atom stereocenters. The summed E-state index contributed by atoms with van der Waals surface area (Å²) in [4.78, 5) is 15.0. The minimum absolute atomic E-state index is 0.0700. The molecule has 1 aromatic heterocycles. The van der Waals surface area contributed by atoms with Crippen LogP contribution in [0.15, 0.2) is 76.0 Å². The number of carbonyl (C=O) groups excluding carboxylic acids is 1. The van der Waals surface area contributed by atoms with Crippen molar-refractivity contribution in [3.8, 4) is 0 Å². The average Bonchev–Trinajstić information content (AvgIpc) is 3.26. The molecule has 3 rings (SSSR count). The molecule has 35 heavy (non-hydrogen) atoms. The number of hydrogen-bond donors (Lipinski definition) is 0. The van der Waals surface area contributed by atoms with Crippen molar-refractivity contribution in [2.75, 3.05) is 26.3 Å². The van der Waals surface area contributed by atoms with Crippen molar-refractivity contribution < 1.29 is 26.8 Å². The van der Waals surface area contributed by atoms with Crippen LogP contribution in [0.1, 0.15) is 30.4 Å². The van der Waals surface area contributed by atoms with E-state index in [0.29, 0.717) is 31.9 Å². The summed E-state index contributed by atoms with van der Waals surface area (Å²) in [5.74, 6) is 0.426. The maximum Gasteiger partial charge on any atom is 0.243 e. The number of nitrogens with zero attached hydrogens (tertiary/aromatic N) is 2. The first-order valence-corrected chi connectivity index (χ1v) is 12.9. The number of furan rings is 1. The van der Waals surface area contributed by atoms with E-state index in [2.05, 4.69) is 0 Å². The first-order valence-electron chi connectivity index (χ1n) is 11.5. The molecule has 3 aromatic rings. The number of carbonyl (C=O) groups is 1. The molecule has 0 radical (unpaired) electrons. The molecule has 0 saturated heterocycles. The van der Waals surface area contributed by atoms with Crippen molar-refractivity contribution in [2.45, 2.75) is 38.3 Å². The third kappa shape index (κ3) is 7.74. The summed E-state index contributed by atoms with van der Waals surface area (Å²) < 4.78 is 52.3. The maximum absolute atomic E-state index is 13.5. The lowest BCUT2D eigenvalue weighted by molar-refractivity contribution is -0.133. The quantitative estimate of drug-likeness (QED) is 0.324. The van der Waals surface area contributed by atoms with Crippen LogP contribution in [0.25, 0.3) is 0 Å². The second-order valence-electron chi connectivity index (χ2n) is 8.09. The maximum atomic E-state index is 13.5. The van der Waals surface area contributed by atoms with Crippen molar-refractivity contribution >= 4 is 15.9 Å². The Hall–Kier alpha value is -3.01. The van der Waals surface area contributed by atoms with Gasteiger partial charge in [0.2, 0.25) is 15.9 Å². The molecule has 0 aliphatic rings. The number of benzene rings is 2. The molecule has 1 amide bonds. The Balaban J connectivity index is 1.84. The Kier molecular flexibility index (Phi) is 9.59. The van der Waals surface area contributed by atoms with Gasteiger partial charge in [0.05, 0.1) is 18.0 Å². The van der Waals surface area contributed by atoms with Gasteiger partial charge in [-0.3, -0.25) is 4.79 Å². The third-order valence-corrected chi connectivity index (χ3v) is 7.23. The van der Waals surface area contributed by atoms with Crippen LogP contribution in [0.5, 0.6) is 0 Å². The zero-order chi connectivity index (χ0) is 25.3. The van der Waals surface area contributed by atoms with Gasteiger partial charge in [0.25, 0.3) is 0 Å². The molecule has 188 valence electrons. The Morgan fingerprint density at radius 3 is 2.34 bits per heavy atom. The molecule has 0 spiro atoms. The fraction of sp³-hybridized carbons (Fsp3) is 0.346. The summed E-state index contributed by atoms with van der Waals surface area (Å²) in [7, 11) is -4.04. The zero-order valence-electron chi connectivity index (χ0n) is 20.0. The molecule has 0 saturated carbocycles. The minimum atomic E-state index is -4.04. The van der Waals surface area contributed by atoms with Crippen LogP contribution < -0.4 is 0 Å². The monoisotopic (exact) mass is 502 g/mol. The zero-order valence-corrected chi connectivity index (χ0v) is 20.8. The molecule has 2 aromatic carbocycles. The Morgan fingerprint density at radius 1 is 1.00 bits per heavy atom. The number of rotatable bonds is 13. The number of aryl methyl sites for hydroxylation is 1. The number of halogens is 1. The normalized spacial score (nSPS) is 11.7. The van der Waals surface area contributed by atoms with E-state index in [1.54, 1.807) is 11.0 Å². The van der Waals surface area contributed by atoms with Gasteiger partial charge in [0.1, 0.15) is 17.3 Å². The summed E-state index contributed by atoms with van der Waals surface area (Å²) >= 11 is 0. The first-order chi connectivity index (χ1) is 16.8. The highest BCUT2D eigenvalue weighted by Gasteiger charge is 2.29. The van der Waals surface area contributed by atoms with Crippen molar-refractivity contribution in [1.29, 1.82) is 0 Å². The van der Waals surface area contributed by atoms with E-state index in [4.69, 9.17) is 9.15 Å². The fourth-order valence-corrected chi connectivity index (χ4v) is 5.00. The molecule has 0 atom stereocenters. The fourth-order valence-electron chi connectivity index (χ4n) is 3.57. The van der Waals surface area contributed by atoms with Gasteiger partial charge in [-0.25, -0.2) is 12.8 Å². The summed E-state index contributed by atoms with van der Waals surface area (Å²) in [6.07, 6.45) is 0.414. The van der Waals surface area contributed by atoms with Crippen molar-refractivity contribution in [3.63, 3.8) is 0 Å². The van der Waals surface area contributed by atoms with E-state index in [1.165, 1.54) is 12.1 Å². The summed E-state index contributed by atoms with van der Waals surface area (Å²) in [5.41, 5.74) is 0.911. The second kappa shape index (κ2) is 12.6. The lowest BCUT2D eigenvalue weighted by Crippen LogP contribution is -2.43. The van der Waals surface area contributed by atoms with Gasteiger partial charge in [-0.15, -0.1) is 0 Å². The van der Waals surface area contributed by atoms with Crippen molar-refractivity contribution in [3.05, 3.63) is 89.6 Å². The molecule has 9 heteroatoms. The Bertz CT molecular complexity index is 1180. The number of hydrogen-bond acceptors (Lipinski definition) is 5. The standard InChI is InChI=1S/C26H31FN2O5S/c1-3-33-17-7-16-29(35(31,32)25-14-11-23(27)12-15-25)20-26(30)28(18-22-8-5-4-6-9-22)19-24-13-10-21(2)34-24/h4-6,8-15H,3,7,16-20H2,1-2H3. The summed E-state index contributed by atoms with van der Waals surface area (Å²) in [6, 6.07) is 17.7. The topological polar surface area (TPSA) is 80.1 Å². The number of amides is 1. The van der Waals surface area contributed by atoms with Gasteiger partial charge >= 0.3 is 0 Å². The minimum Gasteiger partial charge on any atom is -0.464 e. The van der Waals surface area contributed by atoms with Crippen LogP contribution in [0, 0.1) is 12.7 Å². The Labute approximate surface area is 206 Å². The largest absolute Gasteiger partial charge is 0.464 e. The molecule has 0 bridgehead atoms. The van der Waals surface area contributed by atoms with Crippen molar-refractivity contribution in [1.82, 2.24) is 9.21 Å². The van der Waals surface area contributed by atoms with Gasteiger partial charge in [0.15, 0.2) is 0 Å². The number of sulfonamides is 1. The molecule has 0 fully saturated rings. The van der Waals surface area contributed by atoms with Gasteiger partial charge in [-0.2, -0.15) is 4.31 Å². The van der Waals surface area contributed by atoms with E-state index in [1.807, 2.05) is 50.2 Å². The van der Waals surface area contributed by atoms with Gasteiger partial charge in [-0.1, -0.05) is 30.3 Å². The van der Waals surface area contributed by atoms with Crippen molar-refractivity contribution in [2.24, 2.45) is 0 Å². The van der Waals surface area contributed by atoms with Crippen LogP contribution in [0.4, 0.5) is 4.39 Å². The molecule has 7 nitrogen and oxygen atoms in total. The summed E-state index contributed by atoms with van der Waals surface area (Å²) in [6.45, 7) is 4.77. The second-order valence-corrected chi connectivity index (χ2v) is 10.0. The molecule has 0 aliphatic heterocycles. The highest BCUT2D eigenvalue weighted by atomic mass is 32.2. The molecule has 0 N–H and O–H groups in total. The highest BCUT2D eigenvalue weighted by Crippen LogP contribution is 2.19. The molecule has 1 heterocycles. The Morgan fingerprint density at radius 2 is 1.71 bits per heavy atom. The van der Waals surface area contributed by atoms with Crippen LogP contribution in [-0.2, 0) is 32.6 Å². The van der Waals surface area contributed by atoms with Crippen LogP contribution in [0.3, 0.4) is 0 Å².